The molecule has 0 aromatic heterocycles. The van der Waals surface area contributed by atoms with Gasteiger partial charge in [-0.05, 0) is 31.0 Å². The molecule has 0 bridgehead atoms. The molecule has 0 saturated carbocycles. The largest absolute Gasteiger partial charge is 0.357 e. The molecule has 148 valence electrons. The number of rotatable bonds is 9. The van der Waals surface area contributed by atoms with Crippen molar-refractivity contribution in [3.63, 3.8) is 0 Å². The van der Waals surface area contributed by atoms with Crippen LogP contribution in [-0.4, -0.2) is 58.5 Å². The molecule has 0 spiro atoms. The van der Waals surface area contributed by atoms with E-state index in [1.165, 1.54) is 0 Å². The van der Waals surface area contributed by atoms with Gasteiger partial charge in [-0.25, -0.2) is 8.42 Å². The molecule has 1 rings (SSSR count). The highest BCUT2D eigenvalue weighted by molar-refractivity contribution is 14.0. The molecule has 7 nitrogen and oxygen atoms in total. The lowest BCUT2D eigenvalue weighted by atomic mass is 10.1. The number of carbonyl (C=O) groups excluding carboxylic acids is 1. The maximum absolute atomic E-state index is 11.7. The van der Waals surface area contributed by atoms with Gasteiger partial charge >= 0.3 is 0 Å². The summed E-state index contributed by atoms with van der Waals surface area (Å²) in [6.45, 7) is 5.14. The molecular weight excluding hydrogens is 467 g/mol. The first kappa shape index (κ1) is 24.6. The second-order valence-electron chi connectivity index (χ2n) is 5.45. The molecule has 26 heavy (non-hydrogen) atoms. The Bertz CT molecular complexity index is 693. The summed E-state index contributed by atoms with van der Waals surface area (Å²) >= 11 is 0. The van der Waals surface area contributed by atoms with Gasteiger partial charge in [0, 0.05) is 31.5 Å². The molecule has 9 heteroatoms. The SMILES string of the molecule is CCNC(=NCCS(=O)(=O)CC)NCCc1cccc(C(=O)NC)c1.I. The molecule has 0 saturated heterocycles. The second-order valence-corrected chi connectivity index (χ2v) is 7.93. The minimum atomic E-state index is -3.01. The van der Waals surface area contributed by atoms with Crippen LogP contribution in [0.2, 0.25) is 0 Å². The Hall–Kier alpha value is -1.36. The van der Waals surface area contributed by atoms with Gasteiger partial charge in [-0.3, -0.25) is 9.79 Å². The lowest BCUT2D eigenvalue weighted by Gasteiger charge is -2.11. The van der Waals surface area contributed by atoms with Crippen LogP contribution in [0.25, 0.3) is 0 Å². The summed E-state index contributed by atoms with van der Waals surface area (Å²) in [6.07, 6.45) is 0.725. The number of nitrogens with zero attached hydrogens (tertiary/aromatic N) is 1. The summed E-state index contributed by atoms with van der Waals surface area (Å²) in [5.74, 6) is 0.667. The number of amides is 1. The molecule has 0 heterocycles. The first-order valence-corrected chi connectivity index (χ1v) is 10.3. The third-order valence-electron chi connectivity index (χ3n) is 3.58. The number of guanidine groups is 1. The average molecular weight is 496 g/mol. The van der Waals surface area contributed by atoms with Gasteiger partial charge in [0.1, 0.15) is 0 Å². The van der Waals surface area contributed by atoms with Crippen molar-refractivity contribution >= 4 is 45.7 Å². The first-order valence-electron chi connectivity index (χ1n) is 8.45. The van der Waals surface area contributed by atoms with E-state index in [9.17, 15) is 13.2 Å². The molecule has 1 amide bonds. The fraction of sp³-hybridized carbons (Fsp3) is 0.529. The Morgan fingerprint density at radius 1 is 1.19 bits per heavy atom. The van der Waals surface area contributed by atoms with Gasteiger partial charge in [0.05, 0.1) is 12.3 Å². The number of aliphatic imine (C=N–C) groups is 1. The Balaban J connectivity index is 0.00000625. The summed E-state index contributed by atoms with van der Waals surface area (Å²) in [7, 11) is -1.40. The summed E-state index contributed by atoms with van der Waals surface area (Å²) in [5.41, 5.74) is 1.67. The number of carbonyl (C=O) groups is 1. The molecule has 1 aromatic rings. The van der Waals surface area contributed by atoms with Crippen LogP contribution in [0.5, 0.6) is 0 Å². The predicted octanol–water partition coefficient (Wildman–Crippen LogP) is 1.20. The fourth-order valence-corrected chi connectivity index (χ4v) is 2.78. The van der Waals surface area contributed by atoms with Crippen LogP contribution in [0.1, 0.15) is 29.8 Å². The second kappa shape index (κ2) is 12.9. The number of hydrogen-bond donors (Lipinski definition) is 3. The third-order valence-corrected chi connectivity index (χ3v) is 5.26. The van der Waals surface area contributed by atoms with Crippen LogP contribution < -0.4 is 16.0 Å². The standard InChI is InChI=1S/C17H28N4O3S.HI/c1-4-19-17(21-11-12-25(23,24)5-2)20-10-9-14-7-6-8-15(13-14)16(22)18-3;/h6-8,13H,4-5,9-12H2,1-3H3,(H,18,22)(H2,19,20,21);1H. The van der Waals surface area contributed by atoms with E-state index in [1.54, 1.807) is 20.0 Å². The summed E-state index contributed by atoms with van der Waals surface area (Å²) < 4.78 is 23.0. The van der Waals surface area contributed by atoms with E-state index >= 15 is 0 Å². The summed E-state index contributed by atoms with van der Waals surface area (Å²) in [5, 5.41) is 8.88. The zero-order chi connectivity index (χ0) is 18.7. The number of benzene rings is 1. The van der Waals surface area contributed by atoms with Gasteiger partial charge < -0.3 is 16.0 Å². The van der Waals surface area contributed by atoms with Gasteiger partial charge in [0.2, 0.25) is 0 Å². The minimum absolute atomic E-state index is 0. The van der Waals surface area contributed by atoms with E-state index in [0.717, 1.165) is 12.0 Å². The topological polar surface area (TPSA) is 99.7 Å². The van der Waals surface area contributed by atoms with E-state index < -0.39 is 9.84 Å². The molecule has 0 aliphatic carbocycles. The van der Waals surface area contributed by atoms with Gasteiger partial charge in [-0.15, -0.1) is 24.0 Å². The Labute approximate surface area is 173 Å². The highest BCUT2D eigenvalue weighted by Crippen LogP contribution is 2.05. The van der Waals surface area contributed by atoms with Crippen LogP contribution >= 0.6 is 24.0 Å². The normalized spacial score (nSPS) is 11.4. The molecule has 0 aliphatic rings. The molecule has 0 radical (unpaired) electrons. The fourth-order valence-electron chi connectivity index (χ4n) is 2.12. The highest BCUT2D eigenvalue weighted by atomic mass is 127. The van der Waals surface area contributed by atoms with Crippen molar-refractivity contribution in [3.8, 4) is 0 Å². The quantitative estimate of drug-likeness (QED) is 0.271. The van der Waals surface area contributed by atoms with Crippen molar-refractivity contribution in [2.24, 2.45) is 4.99 Å². The smallest absolute Gasteiger partial charge is 0.251 e. The monoisotopic (exact) mass is 496 g/mol. The van der Waals surface area contributed by atoms with Gasteiger partial charge in [0.15, 0.2) is 15.8 Å². The van der Waals surface area contributed by atoms with E-state index in [2.05, 4.69) is 20.9 Å². The number of halogens is 1. The number of sulfone groups is 1. The Morgan fingerprint density at radius 2 is 1.92 bits per heavy atom. The number of nitrogens with one attached hydrogen (secondary N) is 3. The lowest BCUT2D eigenvalue weighted by molar-refractivity contribution is 0.0963. The molecule has 0 unspecified atom stereocenters. The average Bonchev–Trinajstić information content (AvgIpc) is 2.61. The molecule has 0 aliphatic heterocycles. The van der Waals surface area contributed by atoms with E-state index in [4.69, 9.17) is 0 Å². The van der Waals surface area contributed by atoms with Gasteiger partial charge in [-0.2, -0.15) is 0 Å². The Morgan fingerprint density at radius 3 is 2.54 bits per heavy atom. The van der Waals surface area contributed by atoms with Crippen LogP contribution in [0, 0.1) is 0 Å². The molecular formula is C17H29IN4O3S. The Kier molecular flexibility index (Phi) is 12.2. The van der Waals surface area contributed by atoms with Crippen LogP contribution in [0.15, 0.2) is 29.3 Å². The highest BCUT2D eigenvalue weighted by Gasteiger charge is 2.07. The molecule has 0 atom stereocenters. The third kappa shape index (κ3) is 9.37. The van der Waals surface area contributed by atoms with Crippen molar-refractivity contribution < 1.29 is 13.2 Å². The molecule has 0 fully saturated rings. The van der Waals surface area contributed by atoms with E-state index in [1.807, 2.05) is 25.1 Å². The first-order chi connectivity index (χ1) is 11.9. The maximum atomic E-state index is 11.7. The molecule has 3 N–H and O–H groups in total. The van der Waals surface area contributed by atoms with Crippen LogP contribution in [0.3, 0.4) is 0 Å². The van der Waals surface area contributed by atoms with Crippen LogP contribution in [0.4, 0.5) is 0 Å². The summed E-state index contributed by atoms with van der Waals surface area (Å²) in [6, 6.07) is 7.45. The van der Waals surface area contributed by atoms with E-state index in [0.29, 0.717) is 24.6 Å². The van der Waals surface area contributed by atoms with Crippen LogP contribution in [-0.2, 0) is 16.3 Å². The zero-order valence-electron chi connectivity index (χ0n) is 15.5. The zero-order valence-corrected chi connectivity index (χ0v) is 18.7. The predicted molar refractivity (Wildman–Crippen MR) is 117 cm³/mol. The van der Waals surface area contributed by atoms with Crippen molar-refractivity contribution in [1.82, 2.24) is 16.0 Å². The maximum Gasteiger partial charge on any atom is 0.251 e. The van der Waals surface area contributed by atoms with Gasteiger partial charge in [0.25, 0.3) is 5.91 Å². The molecule has 1 aromatic carbocycles. The van der Waals surface area contributed by atoms with Crippen molar-refractivity contribution in [2.75, 3.05) is 38.2 Å². The lowest BCUT2D eigenvalue weighted by Crippen LogP contribution is -2.38. The van der Waals surface area contributed by atoms with Crippen molar-refractivity contribution in [3.05, 3.63) is 35.4 Å². The van der Waals surface area contributed by atoms with Crippen molar-refractivity contribution in [1.29, 1.82) is 0 Å². The minimum Gasteiger partial charge on any atom is -0.357 e. The summed E-state index contributed by atoms with van der Waals surface area (Å²) in [4.78, 5) is 15.9. The van der Waals surface area contributed by atoms with Crippen molar-refractivity contribution in [2.45, 2.75) is 20.3 Å². The van der Waals surface area contributed by atoms with Gasteiger partial charge in [-0.1, -0.05) is 19.1 Å². The number of hydrogen-bond acceptors (Lipinski definition) is 4. The van der Waals surface area contributed by atoms with E-state index in [-0.39, 0.29) is 47.9 Å².